The lowest BCUT2D eigenvalue weighted by molar-refractivity contribution is 0.722. The Labute approximate surface area is 85.2 Å². The summed E-state index contributed by atoms with van der Waals surface area (Å²) in [7, 11) is 0. The van der Waals surface area contributed by atoms with E-state index in [0.717, 1.165) is 11.4 Å². The molecule has 1 heteroatoms. The normalized spacial score (nSPS) is 13.5. The minimum Gasteiger partial charge on any atom is -0.0914 e. The number of allylic oxidation sites excluding steroid dienone is 2. The molecule has 0 radical (unpaired) electrons. The van der Waals surface area contributed by atoms with Gasteiger partial charge < -0.3 is 0 Å². The van der Waals surface area contributed by atoms with Gasteiger partial charge in [-0.1, -0.05) is 42.8 Å². The van der Waals surface area contributed by atoms with Crippen molar-refractivity contribution >= 4 is 11.6 Å². The van der Waals surface area contributed by atoms with Crippen molar-refractivity contribution in [2.24, 2.45) is 5.92 Å². The number of rotatable bonds is 3. The molecule has 0 amide bonds. The summed E-state index contributed by atoms with van der Waals surface area (Å²) in [5, 5.41) is 0.808. The van der Waals surface area contributed by atoms with E-state index in [9.17, 15) is 0 Å². The van der Waals surface area contributed by atoms with E-state index in [0.29, 0.717) is 5.92 Å². The van der Waals surface area contributed by atoms with Crippen LogP contribution in [-0.4, -0.2) is 0 Å². The van der Waals surface area contributed by atoms with Crippen LogP contribution in [0.5, 0.6) is 0 Å². The van der Waals surface area contributed by atoms with Gasteiger partial charge >= 0.3 is 0 Å². The molecule has 1 atom stereocenters. The Morgan fingerprint density at radius 2 is 1.92 bits per heavy atom. The van der Waals surface area contributed by atoms with Gasteiger partial charge in [-0.15, -0.1) is 0 Å². The molecule has 70 valence electrons. The topological polar surface area (TPSA) is 0 Å². The lowest BCUT2D eigenvalue weighted by Crippen LogP contribution is -1.94. The zero-order valence-electron chi connectivity index (χ0n) is 8.13. The van der Waals surface area contributed by atoms with E-state index in [1.807, 2.05) is 12.1 Å². The van der Waals surface area contributed by atoms with Crippen LogP contribution in [0.25, 0.3) is 0 Å². The van der Waals surface area contributed by atoms with Crippen LogP contribution < -0.4 is 0 Å². The van der Waals surface area contributed by atoms with Gasteiger partial charge in [0, 0.05) is 5.02 Å². The quantitative estimate of drug-likeness (QED) is 0.636. The van der Waals surface area contributed by atoms with Crippen LogP contribution in [0, 0.1) is 5.92 Å². The molecular formula is C12H15Cl. The summed E-state index contributed by atoms with van der Waals surface area (Å²) in [6.07, 6.45) is 5.40. The van der Waals surface area contributed by atoms with Crippen LogP contribution >= 0.6 is 11.6 Å². The van der Waals surface area contributed by atoms with E-state index in [1.165, 1.54) is 5.56 Å². The Kier molecular flexibility index (Phi) is 4.04. The Morgan fingerprint density at radius 1 is 1.31 bits per heavy atom. The second-order valence-corrected chi connectivity index (χ2v) is 3.77. The molecule has 1 unspecified atom stereocenters. The number of hydrogen-bond acceptors (Lipinski definition) is 0. The summed E-state index contributed by atoms with van der Waals surface area (Å²) in [4.78, 5) is 0. The number of hydrogen-bond donors (Lipinski definition) is 0. The van der Waals surface area contributed by atoms with Crippen LogP contribution in [-0.2, 0) is 6.42 Å². The highest BCUT2D eigenvalue weighted by molar-refractivity contribution is 6.30. The maximum absolute atomic E-state index is 5.80. The Bertz CT molecular complexity index is 272. The summed E-state index contributed by atoms with van der Waals surface area (Å²) in [5.74, 6) is 0.603. The molecule has 0 saturated heterocycles. The second kappa shape index (κ2) is 5.08. The Morgan fingerprint density at radius 3 is 2.46 bits per heavy atom. The third kappa shape index (κ3) is 3.65. The van der Waals surface area contributed by atoms with Crippen molar-refractivity contribution in [2.45, 2.75) is 20.3 Å². The first-order valence-corrected chi connectivity index (χ1v) is 4.97. The molecule has 0 nitrogen and oxygen atoms in total. The highest BCUT2D eigenvalue weighted by atomic mass is 35.5. The molecule has 0 aliphatic carbocycles. The predicted octanol–water partition coefficient (Wildman–Crippen LogP) is 4.09. The summed E-state index contributed by atoms with van der Waals surface area (Å²) in [6.45, 7) is 4.27. The van der Waals surface area contributed by atoms with E-state index >= 15 is 0 Å². The SMILES string of the molecule is C/C=C\C(C)Cc1ccc(Cl)cc1. The van der Waals surface area contributed by atoms with Crippen molar-refractivity contribution in [1.29, 1.82) is 0 Å². The van der Waals surface area contributed by atoms with Crippen molar-refractivity contribution in [3.05, 3.63) is 47.0 Å². The van der Waals surface area contributed by atoms with Crippen molar-refractivity contribution in [3.8, 4) is 0 Å². The van der Waals surface area contributed by atoms with Gasteiger partial charge in [-0.05, 0) is 37.0 Å². The van der Waals surface area contributed by atoms with Crippen LogP contribution in [0.4, 0.5) is 0 Å². The number of halogens is 1. The van der Waals surface area contributed by atoms with Crippen LogP contribution in [0.3, 0.4) is 0 Å². The monoisotopic (exact) mass is 194 g/mol. The van der Waals surface area contributed by atoms with Crippen LogP contribution in [0.15, 0.2) is 36.4 Å². The van der Waals surface area contributed by atoms with Gasteiger partial charge in [0.25, 0.3) is 0 Å². The molecule has 0 bridgehead atoms. The number of benzene rings is 1. The van der Waals surface area contributed by atoms with E-state index < -0.39 is 0 Å². The highest BCUT2D eigenvalue weighted by Crippen LogP contribution is 2.13. The maximum atomic E-state index is 5.80. The lowest BCUT2D eigenvalue weighted by atomic mass is 10.0. The van der Waals surface area contributed by atoms with Gasteiger partial charge in [0.15, 0.2) is 0 Å². The van der Waals surface area contributed by atoms with Crippen LogP contribution in [0.1, 0.15) is 19.4 Å². The maximum Gasteiger partial charge on any atom is 0.0406 e. The van der Waals surface area contributed by atoms with Gasteiger partial charge in [0.1, 0.15) is 0 Å². The van der Waals surface area contributed by atoms with E-state index in [-0.39, 0.29) is 0 Å². The average molecular weight is 195 g/mol. The fourth-order valence-corrected chi connectivity index (χ4v) is 1.51. The zero-order chi connectivity index (χ0) is 9.68. The van der Waals surface area contributed by atoms with Gasteiger partial charge in [-0.2, -0.15) is 0 Å². The van der Waals surface area contributed by atoms with Gasteiger partial charge in [0.2, 0.25) is 0 Å². The molecular weight excluding hydrogens is 180 g/mol. The third-order valence-corrected chi connectivity index (χ3v) is 2.24. The minimum atomic E-state index is 0.603. The predicted molar refractivity (Wildman–Crippen MR) is 59.1 cm³/mol. The molecule has 0 aromatic heterocycles. The van der Waals surface area contributed by atoms with E-state index in [1.54, 1.807) is 0 Å². The minimum absolute atomic E-state index is 0.603. The highest BCUT2D eigenvalue weighted by Gasteiger charge is 1.98. The Hall–Kier alpha value is -0.750. The molecule has 0 heterocycles. The molecule has 0 N–H and O–H groups in total. The fourth-order valence-electron chi connectivity index (χ4n) is 1.39. The average Bonchev–Trinajstić information content (AvgIpc) is 2.09. The van der Waals surface area contributed by atoms with Crippen LogP contribution in [0.2, 0.25) is 5.02 Å². The summed E-state index contributed by atoms with van der Waals surface area (Å²) in [6, 6.07) is 8.06. The van der Waals surface area contributed by atoms with Crippen molar-refractivity contribution in [2.75, 3.05) is 0 Å². The van der Waals surface area contributed by atoms with Gasteiger partial charge in [-0.3, -0.25) is 0 Å². The lowest BCUT2D eigenvalue weighted by Gasteiger charge is -2.05. The van der Waals surface area contributed by atoms with E-state index in [4.69, 9.17) is 11.6 Å². The summed E-state index contributed by atoms with van der Waals surface area (Å²) in [5.41, 5.74) is 1.34. The van der Waals surface area contributed by atoms with Crippen molar-refractivity contribution in [1.82, 2.24) is 0 Å². The molecule has 13 heavy (non-hydrogen) atoms. The molecule has 0 spiro atoms. The molecule has 1 aromatic rings. The molecule has 1 rings (SSSR count). The standard InChI is InChI=1S/C12H15Cl/c1-3-4-10(2)9-11-5-7-12(13)8-6-11/h3-8,10H,9H2,1-2H3/b4-3-. The smallest absolute Gasteiger partial charge is 0.0406 e. The molecule has 0 fully saturated rings. The third-order valence-electron chi connectivity index (χ3n) is 1.99. The molecule has 0 aliphatic heterocycles. The molecule has 0 aliphatic rings. The summed E-state index contributed by atoms with van der Waals surface area (Å²) < 4.78 is 0. The molecule has 0 saturated carbocycles. The Balaban J connectivity index is 2.59. The van der Waals surface area contributed by atoms with Gasteiger partial charge in [0.05, 0.1) is 0 Å². The zero-order valence-corrected chi connectivity index (χ0v) is 8.88. The molecule has 1 aromatic carbocycles. The van der Waals surface area contributed by atoms with Crippen molar-refractivity contribution < 1.29 is 0 Å². The first kappa shape index (κ1) is 10.3. The van der Waals surface area contributed by atoms with E-state index in [2.05, 4.69) is 38.1 Å². The second-order valence-electron chi connectivity index (χ2n) is 3.33. The largest absolute Gasteiger partial charge is 0.0914 e. The first-order valence-electron chi connectivity index (χ1n) is 4.59. The summed E-state index contributed by atoms with van der Waals surface area (Å²) >= 11 is 5.80. The fraction of sp³-hybridized carbons (Fsp3) is 0.333. The van der Waals surface area contributed by atoms with Crippen molar-refractivity contribution in [3.63, 3.8) is 0 Å². The first-order chi connectivity index (χ1) is 6.22. The van der Waals surface area contributed by atoms with Gasteiger partial charge in [-0.25, -0.2) is 0 Å².